The maximum absolute atomic E-state index is 12.4. The number of ether oxygens (including phenoxy) is 1. The molecule has 1 aromatic carbocycles. The first kappa shape index (κ1) is 16.9. The Balaban J connectivity index is 2.05. The van der Waals surface area contributed by atoms with Gasteiger partial charge >= 0.3 is 5.97 Å². The van der Waals surface area contributed by atoms with Crippen LogP contribution < -0.4 is 10.9 Å². The lowest BCUT2D eigenvalue weighted by Crippen LogP contribution is -2.24. The van der Waals surface area contributed by atoms with Crippen molar-refractivity contribution in [3.63, 3.8) is 0 Å². The van der Waals surface area contributed by atoms with Crippen molar-refractivity contribution in [3.05, 3.63) is 55.9 Å². The van der Waals surface area contributed by atoms with Crippen LogP contribution >= 0.6 is 23.2 Å². The molecule has 0 radical (unpaired) electrons. The second-order valence-corrected chi connectivity index (χ2v) is 6.66. The van der Waals surface area contributed by atoms with Crippen LogP contribution in [-0.2, 0) is 11.8 Å². The number of aromatic nitrogens is 1. The Morgan fingerprint density at radius 1 is 1.33 bits per heavy atom. The number of rotatable bonds is 4. The molecule has 126 valence electrons. The summed E-state index contributed by atoms with van der Waals surface area (Å²) < 4.78 is 6.75. The molecule has 0 unspecified atom stereocenters. The van der Waals surface area contributed by atoms with Crippen LogP contribution in [0.15, 0.2) is 29.2 Å². The molecule has 0 saturated heterocycles. The third-order valence-corrected chi connectivity index (χ3v) is 4.36. The molecular weight excluding hydrogens is 351 g/mol. The molecule has 1 aromatic heterocycles. The van der Waals surface area contributed by atoms with Gasteiger partial charge in [-0.3, -0.25) is 4.79 Å². The lowest BCUT2D eigenvalue weighted by Gasteiger charge is -2.16. The average molecular weight is 367 g/mol. The van der Waals surface area contributed by atoms with E-state index in [4.69, 9.17) is 27.9 Å². The van der Waals surface area contributed by atoms with Crippen molar-refractivity contribution in [2.45, 2.75) is 25.9 Å². The van der Waals surface area contributed by atoms with Crippen molar-refractivity contribution in [1.82, 2.24) is 4.57 Å². The summed E-state index contributed by atoms with van der Waals surface area (Å²) in [7, 11) is 1.60. The highest BCUT2D eigenvalue weighted by molar-refractivity contribution is 6.36. The summed E-state index contributed by atoms with van der Waals surface area (Å²) >= 11 is 12.1. The van der Waals surface area contributed by atoms with Gasteiger partial charge in [-0.15, -0.1) is 0 Å². The van der Waals surface area contributed by atoms with E-state index in [1.165, 1.54) is 10.8 Å². The molecule has 0 spiro atoms. The third kappa shape index (κ3) is 3.42. The van der Waals surface area contributed by atoms with Crippen molar-refractivity contribution in [2.75, 3.05) is 5.32 Å². The Labute approximate surface area is 149 Å². The van der Waals surface area contributed by atoms with Crippen LogP contribution in [0.25, 0.3) is 0 Å². The van der Waals surface area contributed by atoms with Gasteiger partial charge in [-0.05, 0) is 38.0 Å². The molecule has 1 N–H and O–H groups in total. The molecule has 3 rings (SSSR count). The van der Waals surface area contributed by atoms with E-state index in [-0.39, 0.29) is 11.7 Å². The molecule has 24 heavy (non-hydrogen) atoms. The quantitative estimate of drug-likeness (QED) is 0.828. The van der Waals surface area contributed by atoms with E-state index >= 15 is 0 Å². The minimum absolute atomic E-state index is 0.0259. The van der Waals surface area contributed by atoms with Gasteiger partial charge in [-0.1, -0.05) is 23.2 Å². The molecule has 1 saturated carbocycles. The SMILES string of the molecule is Cc1c(Nc2ccc(Cl)cc2Cl)c(C(=O)OC2CC2)cn(C)c1=O. The van der Waals surface area contributed by atoms with Crippen LogP contribution in [0.3, 0.4) is 0 Å². The summed E-state index contributed by atoms with van der Waals surface area (Å²) in [4.78, 5) is 24.7. The summed E-state index contributed by atoms with van der Waals surface area (Å²) in [6.07, 6.45) is 3.21. The maximum Gasteiger partial charge on any atom is 0.342 e. The van der Waals surface area contributed by atoms with Crippen molar-refractivity contribution in [1.29, 1.82) is 0 Å². The Morgan fingerprint density at radius 2 is 2.04 bits per heavy atom. The summed E-state index contributed by atoms with van der Waals surface area (Å²) in [5.41, 5.74) is 1.46. The molecular formula is C17H16Cl2N2O3. The van der Waals surface area contributed by atoms with E-state index < -0.39 is 5.97 Å². The molecule has 7 heteroatoms. The molecule has 1 aliphatic carbocycles. The number of benzene rings is 1. The number of pyridine rings is 1. The highest BCUT2D eigenvalue weighted by Crippen LogP contribution is 2.32. The van der Waals surface area contributed by atoms with Gasteiger partial charge in [0, 0.05) is 23.8 Å². The van der Waals surface area contributed by atoms with Crippen molar-refractivity contribution < 1.29 is 9.53 Å². The van der Waals surface area contributed by atoms with Gasteiger partial charge in [-0.2, -0.15) is 0 Å². The number of hydrogen-bond acceptors (Lipinski definition) is 4. The molecule has 0 bridgehead atoms. The molecule has 0 atom stereocenters. The fourth-order valence-corrected chi connectivity index (χ4v) is 2.79. The van der Waals surface area contributed by atoms with E-state index in [1.807, 2.05) is 0 Å². The van der Waals surface area contributed by atoms with Crippen LogP contribution in [0.1, 0.15) is 28.8 Å². The molecule has 0 amide bonds. The first-order chi connectivity index (χ1) is 11.4. The second-order valence-electron chi connectivity index (χ2n) is 5.81. The summed E-state index contributed by atoms with van der Waals surface area (Å²) in [5.74, 6) is -0.455. The van der Waals surface area contributed by atoms with Gasteiger partial charge in [-0.25, -0.2) is 4.79 Å². The number of aryl methyl sites for hydroxylation is 1. The lowest BCUT2D eigenvalue weighted by molar-refractivity contribution is 0.0472. The van der Waals surface area contributed by atoms with E-state index in [9.17, 15) is 9.59 Å². The lowest BCUT2D eigenvalue weighted by atomic mass is 10.1. The Morgan fingerprint density at radius 3 is 2.67 bits per heavy atom. The van der Waals surface area contributed by atoms with Gasteiger partial charge in [0.1, 0.15) is 6.10 Å². The third-order valence-electron chi connectivity index (χ3n) is 3.82. The predicted molar refractivity (Wildman–Crippen MR) is 94.6 cm³/mol. The normalized spacial score (nSPS) is 13.7. The fourth-order valence-electron chi connectivity index (χ4n) is 2.33. The number of anilines is 2. The van der Waals surface area contributed by atoms with Crippen molar-refractivity contribution in [3.8, 4) is 0 Å². The zero-order chi connectivity index (χ0) is 17.4. The number of carbonyl (C=O) groups is 1. The minimum Gasteiger partial charge on any atom is -0.459 e. The fraction of sp³-hybridized carbons (Fsp3) is 0.294. The van der Waals surface area contributed by atoms with Crippen LogP contribution in [0.4, 0.5) is 11.4 Å². The molecule has 5 nitrogen and oxygen atoms in total. The van der Waals surface area contributed by atoms with E-state index in [0.717, 1.165) is 12.8 Å². The predicted octanol–water partition coefficient (Wildman–Crippen LogP) is 4.06. The Bertz CT molecular complexity index is 873. The number of nitrogens with one attached hydrogen (secondary N) is 1. The smallest absolute Gasteiger partial charge is 0.342 e. The molecule has 0 aliphatic heterocycles. The first-order valence-electron chi connectivity index (χ1n) is 7.50. The molecule has 1 aliphatic rings. The van der Waals surface area contributed by atoms with Crippen LogP contribution in [0, 0.1) is 6.92 Å². The van der Waals surface area contributed by atoms with Gasteiger partial charge in [0.05, 0.1) is 22.0 Å². The first-order valence-corrected chi connectivity index (χ1v) is 8.25. The van der Waals surface area contributed by atoms with Gasteiger partial charge in [0.25, 0.3) is 5.56 Å². The topological polar surface area (TPSA) is 60.3 Å². The number of carbonyl (C=O) groups excluding carboxylic acids is 1. The standard InChI is InChI=1S/C17H16Cl2N2O3/c1-9-15(20-14-6-3-10(18)7-13(14)19)12(8-21(2)16(9)22)17(23)24-11-4-5-11/h3,6-8,11,20H,4-5H2,1-2H3. The average Bonchev–Trinajstić information content (AvgIpc) is 3.33. The van der Waals surface area contributed by atoms with Crippen LogP contribution in [0.2, 0.25) is 10.0 Å². The van der Waals surface area contributed by atoms with Crippen molar-refractivity contribution >= 4 is 40.5 Å². The summed E-state index contributed by atoms with van der Waals surface area (Å²) in [5, 5.41) is 3.97. The van der Waals surface area contributed by atoms with E-state index in [2.05, 4.69) is 5.32 Å². The zero-order valence-electron chi connectivity index (χ0n) is 13.2. The second kappa shape index (κ2) is 6.49. The molecule has 1 heterocycles. The maximum atomic E-state index is 12.4. The number of nitrogens with zero attached hydrogens (tertiary/aromatic N) is 1. The minimum atomic E-state index is -0.455. The number of esters is 1. The van der Waals surface area contributed by atoms with Gasteiger partial charge in [0.15, 0.2) is 0 Å². The van der Waals surface area contributed by atoms with E-state index in [1.54, 1.807) is 32.2 Å². The Kier molecular flexibility index (Phi) is 4.56. The molecule has 1 fully saturated rings. The number of hydrogen-bond donors (Lipinski definition) is 1. The summed E-state index contributed by atoms with van der Waals surface area (Å²) in [6, 6.07) is 4.95. The highest BCUT2D eigenvalue weighted by Gasteiger charge is 2.28. The van der Waals surface area contributed by atoms with E-state index in [0.29, 0.717) is 32.5 Å². The van der Waals surface area contributed by atoms with Crippen molar-refractivity contribution in [2.24, 2.45) is 7.05 Å². The van der Waals surface area contributed by atoms with Crippen LogP contribution in [-0.4, -0.2) is 16.6 Å². The van der Waals surface area contributed by atoms with Crippen LogP contribution in [0.5, 0.6) is 0 Å². The zero-order valence-corrected chi connectivity index (χ0v) is 14.7. The monoisotopic (exact) mass is 366 g/mol. The van der Waals surface area contributed by atoms with Gasteiger partial charge in [0.2, 0.25) is 0 Å². The largest absolute Gasteiger partial charge is 0.459 e. The number of halogens is 2. The van der Waals surface area contributed by atoms with Gasteiger partial charge < -0.3 is 14.6 Å². The Hall–Kier alpha value is -1.98. The highest BCUT2D eigenvalue weighted by atomic mass is 35.5. The summed E-state index contributed by atoms with van der Waals surface area (Å²) in [6.45, 7) is 1.66. The molecule has 2 aromatic rings.